The summed E-state index contributed by atoms with van der Waals surface area (Å²) in [7, 11) is 6.06. The summed E-state index contributed by atoms with van der Waals surface area (Å²) in [5.41, 5.74) is 5.75. The van der Waals surface area contributed by atoms with Gasteiger partial charge in [-0.2, -0.15) is 5.10 Å². The number of rotatable bonds is 4. The maximum absolute atomic E-state index is 13.2. The molecular weight excluding hydrogens is 324 g/mol. The molecule has 5 heteroatoms. The van der Waals surface area contributed by atoms with E-state index in [-0.39, 0.29) is 5.56 Å². The van der Waals surface area contributed by atoms with Crippen LogP contribution in [-0.4, -0.2) is 33.3 Å². The molecule has 0 saturated carbocycles. The van der Waals surface area contributed by atoms with Crippen LogP contribution >= 0.6 is 0 Å². The summed E-state index contributed by atoms with van der Waals surface area (Å²) in [6.07, 6.45) is 6.07. The van der Waals surface area contributed by atoms with Crippen molar-refractivity contribution >= 4 is 11.0 Å². The molecule has 0 radical (unpaired) electrons. The number of benzene rings is 1. The SMILES string of the molecule is CN(C)Cc1ccc(Cn2c(=O)c3c(c4cnn(C)c42)CCCC3)cc1. The van der Waals surface area contributed by atoms with E-state index in [0.717, 1.165) is 54.4 Å². The number of pyridine rings is 1. The van der Waals surface area contributed by atoms with Gasteiger partial charge in [0.2, 0.25) is 0 Å². The van der Waals surface area contributed by atoms with Crippen molar-refractivity contribution < 1.29 is 0 Å². The zero-order chi connectivity index (χ0) is 18.3. The molecule has 0 aliphatic heterocycles. The van der Waals surface area contributed by atoms with E-state index in [1.807, 2.05) is 22.5 Å². The molecule has 0 bridgehead atoms. The lowest BCUT2D eigenvalue weighted by Gasteiger charge is -2.19. The number of aryl methyl sites for hydroxylation is 2. The third-order valence-corrected chi connectivity index (χ3v) is 5.32. The average molecular weight is 350 g/mol. The highest BCUT2D eigenvalue weighted by Gasteiger charge is 2.21. The van der Waals surface area contributed by atoms with Gasteiger partial charge in [-0.1, -0.05) is 24.3 Å². The molecule has 2 aromatic heterocycles. The van der Waals surface area contributed by atoms with E-state index in [9.17, 15) is 4.79 Å². The number of aromatic nitrogens is 3. The minimum atomic E-state index is 0.160. The Morgan fingerprint density at radius 3 is 2.38 bits per heavy atom. The first kappa shape index (κ1) is 17.0. The van der Waals surface area contributed by atoms with E-state index in [4.69, 9.17) is 0 Å². The summed E-state index contributed by atoms with van der Waals surface area (Å²) in [5.74, 6) is 0. The van der Waals surface area contributed by atoms with Gasteiger partial charge in [-0.05, 0) is 56.5 Å². The summed E-state index contributed by atoms with van der Waals surface area (Å²) in [4.78, 5) is 15.4. The van der Waals surface area contributed by atoms with Gasteiger partial charge in [0.15, 0.2) is 0 Å². The minimum Gasteiger partial charge on any atom is -0.305 e. The van der Waals surface area contributed by atoms with Gasteiger partial charge in [-0.15, -0.1) is 0 Å². The third kappa shape index (κ3) is 2.97. The van der Waals surface area contributed by atoms with E-state index in [0.29, 0.717) is 6.54 Å². The molecule has 5 nitrogen and oxygen atoms in total. The first-order chi connectivity index (χ1) is 12.5. The Balaban J connectivity index is 1.78. The summed E-state index contributed by atoms with van der Waals surface area (Å²) < 4.78 is 3.75. The fourth-order valence-electron chi connectivity index (χ4n) is 4.11. The Hall–Kier alpha value is -2.40. The number of hydrogen-bond acceptors (Lipinski definition) is 3. The highest BCUT2D eigenvalue weighted by molar-refractivity contribution is 5.80. The fourth-order valence-corrected chi connectivity index (χ4v) is 4.11. The largest absolute Gasteiger partial charge is 0.305 e. The van der Waals surface area contributed by atoms with E-state index < -0.39 is 0 Å². The number of hydrogen-bond donors (Lipinski definition) is 0. The molecule has 26 heavy (non-hydrogen) atoms. The van der Waals surface area contributed by atoms with Gasteiger partial charge in [-0.3, -0.25) is 14.0 Å². The summed E-state index contributed by atoms with van der Waals surface area (Å²) in [6, 6.07) is 8.57. The molecule has 0 N–H and O–H groups in total. The van der Waals surface area contributed by atoms with Gasteiger partial charge < -0.3 is 4.90 Å². The normalized spacial score (nSPS) is 14.2. The second-order valence-corrected chi connectivity index (χ2v) is 7.62. The molecule has 1 aliphatic carbocycles. The summed E-state index contributed by atoms with van der Waals surface area (Å²) >= 11 is 0. The fraction of sp³-hybridized carbons (Fsp3) is 0.429. The molecule has 0 atom stereocenters. The Kier molecular flexibility index (Phi) is 4.41. The number of fused-ring (bicyclic) bond motifs is 3. The molecule has 0 unspecified atom stereocenters. The standard InChI is InChI=1S/C21H26N4O/c1-23(2)13-15-8-10-16(11-9-15)14-25-20-19(12-22-24(20)3)17-6-4-5-7-18(17)21(25)26/h8-12H,4-7,13-14H2,1-3H3. The Morgan fingerprint density at radius 1 is 1.04 bits per heavy atom. The van der Waals surface area contributed by atoms with Crippen molar-refractivity contribution in [1.29, 1.82) is 0 Å². The van der Waals surface area contributed by atoms with Crippen LogP contribution < -0.4 is 5.56 Å². The summed E-state index contributed by atoms with van der Waals surface area (Å²) in [5, 5.41) is 5.59. The Bertz CT molecular complexity index is 996. The molecule has 3 aromatic rings. The predicted molar refractivity (Wildman–Crippen MR) is 105 cm³/mol. The van der Waals surface area contributed by atoms with Gasteiger partial charge in [0.25, 0.3) is 5.56 Å². The Labute approximate surface area is 153 Å². The molecule has 0 amide bonds. The lowest BCUT2D eigenvalue weighted by molar-refractivity contribution is 0.402. The average Bonchev–Trinajstić information content (AvgIpc) is 3.01. The van der Waals surface area contributed by atoms with Crippen LogP contribution in [-0.2, 0) is 33.0 Å². The van der Waals surface area contributed by atoms with Crippen LogP contribution in [0.15, 0.2) is 35.3 Å². The summed E-state index contributed by atoms with van der Waals surface area (Å²) in [6.45, 7) is 1.51. The van der Waals surface area contributed by atoms with Gasteiger partial charge in [-0.25, -0.2) is 0 Å². The molecule has 4 rings (SSSR count). The maximum Gasteiger partial charge on any atom is 0.255 e. The first-order valence-electron chi connectivity index (χ1n) is 9.33. The third-order valence-electron chi connectivity index (χ3n) is 5.32. The van der Waals surface area contributed by atoms with Crippen LogP contribution in [0, 0.1) is 0 Å². The van der Waals surface area contributed by atoms with Crippen molar-refractivity contribution in [3.8, 4) is 0 Å². The van der Waals surface area contributed by atoms with Crippen molar-refractivity contribution in [3.05, 3.63) is 63.1 Å². The van der Waals surface area contributed by atoms with Crippen LogP contribution in [0.4, 0.5) is 0 Å². The van der Waals surface area contributed by atoms with E-state index in [1.54, 1.807) is 0 Å². The van der Waals surface area contributed by atoms with Crippen molar-refractivity contribution in [3.63, 3.8) is 0 Å². The highest BCUT2D eigenvalue weighted by atomic mass is 16.1. The lowest BCUT2D eigenvalue weighted by atomic mass is 9.91. The molecule has 1 aromatic carbocycles. The first-order valence-corrected chi connectivity index (χ1v) is 9.33. The monoisotopic (exact) mass is 350 g/mol. The Morgan fingerprint density at radius 2 is 1.69 bits per heavy atom. The number of nitrogens with zero attached hydrogens (tertiary/aromatic N) is 4. The zero-order valence-corrected chi connectivity index (χ0v) is 15.8. The van der Waals surface area contributed by atoms with Crippen LogP contribution in [0.25, 0.3) is 11.0 Å². The van der Waals surface area contributed by atoms with Crippen molar-refractivity contribution in [2.75, 3.05) is 14.1 Å². The van der Waals surface area contributed by atoms with E-state index in [1.165, 1.54) is 11.1 Å². The second-order valence-electron chi connectivity index (χ2n) is 7.62. The van der Waals surface area contributed by atoms with Gasteiger partial charge >= 0.3 is 0 Å². The maximum atomic E-state index is 13.2. The predicted octanol–water partition coefficient (Wildman–Crippen LogP) is 2.72. The molecule has 136 valence electrons. The van der Waals surface area contributed by atoms with Crippen LogP contribution in [0.5, 0.6) is 0 Å². The highest BCUT2D eigenvalue weighted by Crippen LogP contribution is 2.26. The van der Waals surface area contributed by atoms with Gasteiger partial charge in [0.05, 0.1) is 12.7 Å². The molecule has 1 aliphatic rings. The van der Waals surface area contributed by atoms with Crippen molar-refractivity contribution in [1.82, 2.24) is 19.2 Å². The minimum absolute atomic E-state index is 0.160. The van der Waals surface area contributed by atoms with Crippen LogP contribution in [0.2, 0.25) is 0 Å². The van der Waals surface area contributed by atoms with Crippen molar-refractivity contribution in [2.24, 2.45) is 7.05 Å². The smallest absolute Gasteiger partial charge is 0.255 e. The quantitative estimate of drug-likeness (QED) is 0.727. The lowest BCUT2D eigenvalue weighted by Crippen LogP contribution is -2.29. The molecule has 2 heterocycles. The molecular formula is C21H26N4O. The molecule has 0 fully saturated rings. The van der Waals surface area contributed by atoms with Gasteiger partial charge in [0.1, 0.15) is 5.65 Å². The van der Waals surface area contributed by atoms with E-state index in [2.05, 4.69) is 48.4 Å². The van der Waals surface area contributed by atoms with Crippen LogP contribution in [0.3, 0.4) is 0 Å². The zero-order valence-electron chi connectivity index (χ0n) is 15.8. The van der Waals surface area contributed by atoms with E-state index >= 15 is 0 Å². The molecule has 0 spiro atoms. The molecule has 0 saturated heterocycles. The second kappa shape index (κ2) is 6.72. The van der Waals surface area contributed by atoms with Crippen LogP contribution in [0.1, 0.15) is 35.1 Å². The van der Waals surface area contributed by atoms with Crippen molar-refractivity contribution in [2.45, 2.75) is 38.8 Å². The van der Waals surface area contributed by atoms with Gasteiger partial charge in [0, 0.05) is 24.5 Å². The topological polar surface area (TPSA) is 43.1 Å².